The van der Waals surface area contributed by atoms with Gasteiger partial charge >= 0.3 is 0 Å². The minimum Gasteiger partial charge on any atom is -0.506 e. The van der Waals surface area contributed by atoms with Crippen LogP contribution in [0.4, 0.5) is 5.69 Å². The van der Waals surface area contributed by atoms with E-state index in [1.54, 1.807) is 28.9 Å². The molecule has 0 spiro atoms. The molecule has 0 aliphatic rings. The van der Waals surface area contributed by atoms with Crippen molar-refractivity contribution in [1.82, 2.24) is 9.78 Å². The van der Waals surface area contributed by atoms with Crippen LogP contribution in [0.15, 0.2) is 51.8 Å². The number of rotatable bonds is 5. The van der Waals surface area contributed by atoms with Crippen LogP contribution in [0.2, 0.25) is 0 Å². The highest BCUT2D eigenvalue weighted by Crippen LogP contribution is 2.28. The maximum absolute atomic E-state index is 12.6. The Kier molecular flexibility index (Phi) is 5.81. The number of carbonyl (C=O) groups is 1. The highest BCUT2D eigenvalue weighted by molar-refractivity contribution is 9.10. The standard InChI is InChI=1S/C20H20BrN3O4S/c1-4-29(27,28)16-9-10-18(25)17(11-16)22-20(26)14-5-7-15(8-6-14)24-13(3)19(21)12(2)23-24/h5-11,25H,4H2,1-3H3,(H,22,26). The molecule has 2 aromatic carbocycles. The SMILES string of the molecule is CCS(=O)(=O)c1ccc(O)c(NC(=O)c2ccc(-n3nc(C)c(Br)c3C)cc2)c1. The number of aromatic hydroxyl groups is 1. The summed E-state index contributed by atoms with van der Waals surface area (Å²) in [6.45, 7) is 5.36. The van der Waals surface area contributed by atoms with Gasteiger partial charge in [0.2, 0.25) is 0 Å². The monoisotopic (exact) mass is 477 g/mol. The van der Waals surface area contributed by atoms with Gasteiger partial charge in [-0.15, -0.1) is 0 Å². The van der Waals surface area contributed by atoms with E-state index in [1.165, 1.54) is 25.1 Å². The third-order valence-corrected chi connectivity index (χ3v) is 7.41. The summed E-state index contributed by atoms with van der Waals surface area (Å²) in [6.07, 6.45) is 0. The summed E-state index contributed by atoms with van der Waals surface area (Å²) < 4.78 is 26.8. The quantitative estimate of drug-likeness (QED) is 0.540. The summed E-state index contributed by atoms with van der Waals surface area (Å²) in [5, 5.41) is 17.0. The molecule has 152 valence electrons. The Morgan fingerprint density at radius 2 is 1.83 bits per heavy atom. The first-order valence-corrected chi connectivity index (χ1v) is 11.3. The van der Waals surface area contributed by atoms with Gasteiger partial charge in [-0.3, -0.25) is 4.79 Å². The van der Waals surface area contributed by atoms with Gasteiger partial charge in [0.05, 0.1) is 37.9 Å². The smallest absolute Gasteiger partial charge is 0.255 e. The van der Waals surface area contributed by atoms with Gasteiger partial charge in [-0.2, -0.15) is 5.10 Å². The molecule has 2 N–H and O–H groups in total. The molecule has 0 fully saturated rings. The Morgan fingerprint density at radius 1 is 1.17 bits per heavy atom. The number of nitrogens with one attached hydrogen (secondary N) is 1. The largest absolute Gasteiger partial charge is 0.506 e. The minimum absolute atomic E-state index is 0.0380. The number of anilines is 1. The fourth-order valence-corrected chi connectivity index (χ4v) is 3.95. The molecule has 0 atom stereocenters. The number of halogens is 1. The topological polar surface area (TPSA) is 101 Å². The van der Waals surface area contributed by atoms with Gasteiger partial charge in [0.1, 0.15) is 5.75 Å². The number of phenols is 1. The lowest BCUT2D eigenvalue weighted by Gasteiger charge is -2.10. The van der Waals surface area contributed by atoms with Crippen LogP contribution < -0.4 is 5.32 Å². The molecule has 0 bridgehead atoms. The van der Waals surface area contributed by atoms with Crippen molar-refractivity contribution in [2.45, 2.75) is 25.7 Å². The molecule has 7 nitrogen and oxygen atoms in total. The minimum atomic E-state index is -3.46. The third-order valence-electron chi connectivity index (χ3n) is 4.53. The molecule has 1 amide bonds. The Morgan fingerprint density at radius 3 is 2.38 bits per heavy atom. The zero-order chi connectivity index (χ0) is 21.3. The molecule has 9 heteroatoms. The van der Waals surface area contributed by atoms with Crippen molar-refractivity contribution in [1.29, 1.82) is 0 Å². The van der Waals surface area contributed by atoms with Crippen LogP contribution in [0, 0.1) is 13.8 Å². The molecule has 0 unspecified atom stereocenters. The van der Waals surface area contributed by atoms with E-state index in [9.17, 15) is 18.3 Å². The van der Waals surface area contributed by atoms with Gasteiger partial charge in [-0.1, -0.05) is 6.92 Å². The number of carbonyl (C=O) groups excluding carboxylic acids is 1. The van der Waals surface area contributed by atoms with Crippen LogP contribution >= 0.6 is 15.9 Å². The molecule has 1 aromatic heterocycles. The lowest BCUT2D eigenvalue weighted by molar-refractivity contribution is 0.102. The normalized spacial score (nSPS) is 11.4. The van der Waals surface area contributed by atoms with Crippen LogP contribution in [0.25, 0.3) is 5.69 Å². The Bertz CT molecular complexity index is 1190. The molecule has 0 saturated heterocycles. The maximum atomic E-state index is 12.6. The summed E-state index contributed by atoms with van der Waals surface area (Å²) >= 11 is 3.49. The van der Waals surface area contributed by atoms with Gasteiger partial charge in [0.15, 0.2) is 9.84 Å². The number of sulfone groups is 1. The second kappa shape index (κ2) is 8.00. The fourth-order valence-electron chi connectivity index (χ4n) is 2.80. The van der Waals surface area contributed by atoms with Crippen LogP contribution in [-0.4, -0.2) is 35.0 Å². The highest BCUT2D eigenvalue weighted by Gasteiger charge is 2.16. The van der Waals surface area contributed by atoms with E-state index >= 15 is 0 Å². The molecular formula is C20H20BrN3O4S. The molecule has 29 heavy (non-hydrogen) atoms. The number of benzene rings is 2. The Balaban J connectivity index is 1.85. The van der Waals surface area contributed by atoms with E-state index in [0.717, 1.165) is 21.5 Å². The van der Waals surface area contributed by atoms with E-state index in [1.807, 2.05) is 13.8 Å². The number of nitrogens with zero attached hydrogens (tertiary/aromatic N) is 2. The predicted octanol–water partition coefficient (Wildman–Crippen LogP) is 4.00. The highest BCUT2D eigenvalue weighted by atomic mass is 79.9. The van der Waals surface area contributed by atoms with Gasteiger partial charge in [0.25, 0.3) is 5.91 Å². The van der Waals surface area contributed by atoms with Crippen molar-refractivity contribution in [3.05, 3.63) is 63.9 Å². The van der Waals surface area contributed by atoms with Crippen molar-refractivity contribution in [3.8, 4) is 11.4 Å². The van der Waals surface area contributed by atoms with Crippen molar-refractivity contribution in [2.24, 2.45) is 0 Å². The number of aryl methyl sites for hydroxylation is 1. The Hall–Kier alpha value is -2.65. The third kappa shape index (κ3) is 4.20. The van der Waals surface area contributed by atoms with E-state index in [4.69, 9.17) is 0 Å². The molecule has 0 saturated carbocycles. The van der Waals surface area contributed by atoms with E-state index in [0.29, 0.717) is 5.56 Å². The number of amides is 1. The molecular weight excluding hydrogens is 458 g/mol. The molecule has 0 aliphatic carbocycles. The first-order chi connectivity index (χ1) is 13.6. The number of hydrogen-bond donors (Lipinski definition) is 2. The lowest BCUT2D eigenvalue weighted by Crippen LogP contribution is -2.13. The maximum Gasteiger partial charge on any atom is 0.255 e. The molecule has 0 aliphatic heterocycles. The molecule has 0 radical (unpaired) electrons. The van der Waals surface area contributed by atoms with Gasteiger partial charge in [-0.05, 0) is 72.2 Å². The lowest BCUT2D eigenvalue weighted by atomic mass is 10.2. The summed E-state index contributed by atoms with van der Waals surface area (Å²) in [6, 6.07) is 10.6. The first kappa shape index (κ1) is 21.1. The summed E-state index contributed by atoms with van der Waals surface area (Å²) in [7, 11) is -3.46. The van der Waals surface area contributed by atoms with E-state index in [-0.39, 0.29) is 22.1 Å². The average molecular weight is 478 g/mol. The molecule has 3 rings (SSSR count). The fraction of sp³-hybridized carbons (Fsp3) is 0.200. The van der Waals surface area contributed by atoms with E-state index < -0.39 is 15.7 Å². The van der Waals surface area contributed by atoms with Crippen LogP contribution in [0.3, 0.4) is 0 Å². The van der Waals surface area contributed by atoms with Gasteiger partial charge in [-0.25, -0.2) is 13.1 Å². The number of aromatic nitrogens is 2. The zero-order valence-electron chi connectivity index (χ0n) is 16.1. The van der Waals surface area contributed by atoms with Crippen molar-refractivity contribution < 1.29 is 18.3 Å². The summed E-state index contributed by atoms with van der Waals surface area (Å²) in [5.74, 6) is -0.750. The van der Waals surface area contributed by atoms with Crippen LogP contribution in [-0.2, 0) is 9.84 Å². The van der Waals surface area contributed by atoms with Crippen molar-refractivity contribution in [3.63, 3.8) is 0 Å². The zero-order valence-corrected chi connectivity index (χ0v) is 18.5. The predicted molar refractivity (Wildman–Crippen MR) is 115 cm³/mol. The second-order valence-corrected chi connectivity index (χ2v) is 9.55. The summed E-state index contributed by atoms with van der Waals surface area (Å²) in [4.78, 5) is 12.6. The van der Waals surface area contributed by atoms with Crippen LogP contribution in [0.5, 0.6) is 5.75 Å². The number of phenolic OH excluding ortho intramolecular Hbond substituents is 1. The van der Waals surface area contributed by atoms with Crippen molar-refractivity contribution >= 4 is 37.4 Å². The van der Waals surface area contributed by atoms with E-state index in [2.05, 4.69) is 26.3 Å². The molecule has 3 aromatic rings. The Labute approximate surface area is 177 Å². The van der Waals surface area contributed by atoms with Gasteiger partial charge in [0, 0.05) is 5.56 Å². The van der Waals surface area contributed by atoms with Crippen molar-refractivity contribution in [2.75, 3.05) is 11.1 Å². The second-order valence-electron chi connectivity index (χ2n) is 6.48. The average Bonchev–Trinajstić information content (AvgIpc) is 2.97. The van der Waals surface area contributed by atoms with Gasteiger partial charge < -0.3 is 10.4 Å². The molecule has 1 heterocycles. The van der Waals surface area contributed by atoms with Crippen LogP contribution in [0.1, 0.15) is 28.7 Å². The summed E-state index contributed by atoms with van der Waals surface area (Å²) in [5.41, 5.74) is 3.00. The first-order valence-electron chi connectivity index (χ1n) is 8.83. The number of hydrogen-bond acceptors (Lipinski definition) is 5.